The van der Waals surface area contributed by atoms with Gasteiger partial charge in [-0.05, 0) is 140 Å². The summed E-state index contributed by atoms with van der Waals surface area (Å²) in [6.45, 7) is 26.7. The molecule has 3 heterocycles. The highest BCUT2D eigenvalue weighted by Gasteiger charge is 2.29. The fourth-order valence-electron chi connectivity index (χ4n) is 5.72. The van der Waals surface area contributed by atoms with Gasteiger partial charge in [-0.25, -0.2) is 4.39 Å². The van der Waals surface area contributed by atoms with Crippen molar-refractivity contribution < 1.29 is 14.0 Å². The van der Waals surface area contributed by atoms with Crippen molar-refractivity contribution in [2.75, 3.05) is 39.0 Å². The van der Waals surface area contributed by atoms with Crippen LogP contribution < -0.4 is 5.32 Å². The summed E-state index contributed by atoms with van der Waals surface area (Å²) in [4.78, 5) is 27.9. The number of aromatic nitrogens is 1. The number of anilines is 1. The van der Waals surface area contributed by atoms with Gasteiger partial charge in [-0.15, -0.1) is 0 Å². The van der Waals surface area contributed by atoms with Crippen molar-refractivity contribution in [2.24, 2.45) is 0 Å². The molecule has 0 radical (unpaired) electrons. The lowest BCUT2D eigenvalue weighted by atomic mass is 9.92. The number of hydrogen-bond acceptors (Lipinski definition) is 4. The third-order valence-electron chi connectivity index (χ3n) is 8.28. The molecular formula is C39H63FN4O2. The fraction of sp³-hybridized carbons (Fsp3) is 0.538. The summed E-state index contributed by atoms with van der Waals surface area (Å²) in [5.74, 6) is -0.469. The van der Waals surface area contributed by atoms with E-state index in [4.69, 9.17) is 4.79 Å². The van der Waals surface area contributed by atoms with Gasteiger partial charge in [0.25, 0.3) is 0 Å². The van der Waals surface area contributed by atoms with Crippen molar-refractivity contribution >= 4 is 18.4 Å². The monoisotopic (exact) mass is 638 g/mol. The molecule has 7 heteroatoms. The smallest absolute Gasteiger partial charge is 0.231 e. The topological polar surface area (TPSA) is 68.4 Å². The van der Waals surface area contributed by atoms with Crippen LogP contribution in [0.2, 0.25) is 0 Å². The third-order valence-corrected chi connectivity index (χ3v) is 8.28. The van der Waals surface area contributed by atoms with Crippen molar-refractivity contribution in [3.05, 3.63) is 76.4 Å². The summed E-state index contributed by atoms with van der Waals surface area (Å²) in [7, 11) is 4.30. The minimum absolute atomic E-state index is 0.00569. The van der Waals surface area contributed by atoms with E-state index in [1.165, 1.54) is 73.5 Å². The van der Waals surface area contributed by atoms with Gasteiger partial charge in [-0.3, -0.25) is 4.79 Å². The molecule has 2 aromatic carbocycles. The summed E-state index contributed by atoms with van der Waals surface area (Å²) >= 11 is 0. The van der Waals surface area contributed by atoms with Crippen LogP contribution in [0.1, 0.15) is 102 Å². The number of H-pyrrole nitrogens is 1. The summed E-state index contributed by atoms with van der Waals surface area (Å²) < 4.78 is 13.3. The Labute approximate surface area is 280 Å². The Morgan fingerprint density at radius 1 is 0.978 bits per heavy atom. The molecule has 3 aromatic rings. The zero-order valence-corrected chi connectivity index (χ0v) is 30.9. The first-order chi connectivity index (χ1) is 22.0. The maximum Gasteiger partial charge on any atom is 0.231 e. The average molecular weight is 639 g/mol. The van der Waals surface area contributed by atoms with E-state index in [0.717, 1.165) is 34.8 Å². The van der Waals surface area contributed by atoms with Gasteiger partial charge < -0.3 is 24.9 Å². The van der Waals surface area contributed by atoms with E-state index in [0.29, 0.717) is 0 Å². The first-order valence-electron chi connectivity index (χ1n) is 17.0. The van der Waals surface area contributed by atoms with Gasteiger partial charge in [0.15, 0.2) is 0 Å². The van der Waals surface area contributed by atoms with Gasteiger partial charge in [0.1, 0.15) is 12.6 Å². The van der Waals surface area contributed by atoms with Crippen LogP contribution >= 0.6 is 0 Å². The molecule has 2 unspecified atom stereocenters. The van der Waals surface area contributed by atoms with Gasteiger partial charge in [-0.2, -0.15) is 0 Å². The minimum atomic E-state index is -0.268. The van der Waals surface area contributed by atoms with E-state index < -0.39 is 0 Å². The van der Waals surface area contributed by atoms with Crippen LogP contribution in [0.15, 0.2) is 42.5 Å². The molecule has 0 bridgehead atoms. The number of hydrogen-bond donors (Lipinski definition) is 2. The summed E-state index contributed by atoms with van der Waals surface area (Å²) in [6.07, 6.45) is 5.27. The number of halogens is 1. The number of amides is 1. The van der Waals surface area contributed by atoms with E-state index in [-0.39, 0.29) is 17.6 Å². The first kappa shape index (κ1) is 42.7. The van der Waals surface area contributed by atoms with Crippen molar-refractivity contribution in [3.63, 3.8) is 0 Å². The van der Waals surface area contributed by atoms with Crippen LogP contribution in [-0.4, -0.2) is 67.3 Å². The van der Waals surface area contributed by atoms with E-state index in [1.807, 2.05) is 65.7 Å². The van der Waals surface area contributed by atoms with Crippen molar-refractivity contribution in [1.29, 1.82) is 0 Å². The molecule has 1 aromatic heterocycles. The highest BCUT2D eigenvalue weighted by atomic mass is 19.1. The van der Waals surface area contributed by atoms with Crippen LogP contribution in [0.25, 0.3) is 11.1 Å². The second kappa shape index (κ2) is 23.1. The molecule has 2 aliphatic heterocycles. The SMILES string of the molecule is C=O.CC.CC.CC(CCN(C)C)N1CCCC1.CC1C(=O)Nc2cccc(-c3cccc(F)c3)c21.CCc1c(C)[nH]c(C)c1C. The van der Waals surface area contributed by atoms with Gasteiger partial charge >= 0.3 is 0 Å². The van der Waals surface area contributed by atoms with Gasteiger partial charge in [0.05, 0.1) is 5.92 Å². The number of benzene rings is 2. The molecule has 0 spiro atoms. The molecule has 1 fully saturated rings. The summed E-state index contributed by atoms with van der Waals surface area (Å²) in [5.41, 5.74) is 9.06. The van der Waals surface area contributed by atoms with Crippen molar-refractivity contribution in [3.8, 4) is 11.1 Å². The highest BCUT2D eigenvalue weighted by molar-refractivity contribution is 6.05. The standard InChI is InChI=1S/C15H12FNO.C10H22N2.C9H15N.2C2H6.CH2O/c1-9-14-12(10-4-2-5-11(16)8-10)6-3-7-13(14)17-15(9)18;1-10(6-9-11(2)3)12-7-4-5-8-12;1-5-9-6(2)7(3)10-8(9)4;3*1-2/h2-9H,1H3,(H,17,18);10H,4-9H2,1-3H3;10H,5H2,1-4H3;2*1-2H3;1H2. The van der Waals surface area contributed by atoms with E-state index >= 15 is 0 Å². The van der Waals surface area contributed by atoms with Gasteiger partial charge in [-0.1, -0.05) is 58.9 Å². The second-order valence-electron chi connectivity index (χ2n) is 11.5. The molecule has 2 aliphatic rings. The van der Waals surface area contributed by atoms with Crippen LogP contribution in [0.5, 0.6) is 0 Å². The lowest BCUT2D eigenvalue weighted by molar-refractivity contribution is -0.116. The quantitative estimate of drug-likeness (QED) is 0.282. The fourth-order valence-corrected chi connectivity index (χ4v) is 5.72. The third kappa shape index (κ3) is 12.8. The number of nitrogens with zero attached hydrogens (tertiary/aromatic N) is 2. The zero-order chi connectivity index (χ0) is 35.4. The maximum atomic E-state index is 13.3. The van der Waals surface area contributed by atoms with Crippen LogP contribution in [0, 0.1) is 26.6 Å². The molecular weight excluding hydrogens is 575 g/mol. The largest absolute Gasteiger partial charge is 0.362 e. The Morgan fingerprint density at radius 2 is 1.57 bits per heavy atom. The lowest BCUT2D eigenvalue weighted by Crippen LogP contribution is -2.32. The normalized spacial score (nSPS) is 15.2. The predicted molar refractivity (Wildman–Crippen MR) is 197 cm³/mol. The van der Waals surface area contributed by atoms with Crippen LogP contribution in [-0.2, 0) is 16.0 Å². The van der Waals surface area contributed by atoms with E-state index in [9.17, 15) is 9.18 Å². The number of aryl methyl sites for hydroxylation is 2. The number of likely N-dealkylation sites (tertiary alicyclic amines) is 1. The highest BCUT2D eigenvalue weighted by Crippen LogP contribution is 2.39. The number of carbonyl (C=O) groups excluding carboxylic acids is 2. The minimum Gasteiger partial charge on any atom is -0.362 e. The molecule has 6 nitrogen and oxygen atoms in total. The molecule has 1 saturated heterocycles. The van der Waals surface area contributed by atoms with Crippen LogP contribution in [0.4, 0.5) is 10.1 Å². The first-order valence-corrected chi connectivity index (χ1v) is 17.0. The molecule has 2 atom stereocenters. The van der Waals surface area contributed by atoms with E-state index in [1.54, 1.807) is 6.07 Å². The van der Waals surface area contributed by atoms with Crippen molar-refractivity contribution in [1.82, 2.24) is 14.8 Å². The number of fused-ring (bicyclic) bond motifs is 1. The molecule has 0 saturated carbocycles. The number of rotatable bonds is 6. The molecule has 0 aliphatic carbocycles. The molecule has 1 amide bonds. The summed E-state index contributed by atoms with van der Waals surface area (Å²) in [5, 5.41) is 2.84. The molecule has 5 rings (SSSR count). The average Bonchev–Trinajstić information content (AvgIpc) is 3.78. The van der Waals surface area contributed by atoms with Gasteiger partial charge in [0.2, 0.25) is 5.91 Å². The molecule has 46 heavy (non-hydrogen) atoms. The Bertz CT molecular complexity index is 1280. The molecule has 2 N–H and O–H groups in total. The summed E-state index contributed by atoms with van der Waals surface area (Å²) in [6, 6.07) is 12.9. The van der Waals surface area contributed by atoms with E-state index in [2.05, 4.69) is 68.8 Å². The molecule has 258 valence electrons. The predicted octanol–water partition coefficient (Wildman–Crippen LogP) is 9.34. The number of carbonyl (C=O) groups is 2. The Morgan fingerprint density at radius 3 is 2.04 bits per heavy atom. The maximum absolute atomic E-state index is 13.3. The Balaban J connectivity index is 0.000000636. The number of nitrogens with one attached hydrogen (secondary N) is 2. The van der Waals surface area contributed by atoms with Crippen molar-refractivity contribution in [2.45, 2.75) is 107 Å². The van der Waals surface area contributed by atoms with Crippen LogP contribution in [0.3, 0.4) is 0 Å². The Hall–Kier alpha value is -3.29. The van der Waals surface area contributed by atoms with Gasteiger partial charge in [0, 0.05) is 23.1 Å². The lowest BCUT2D eigenvalue weighted by Gasteiger charge is -2.24. The zero-order valence-electron chi connectivity index (χ0n) is 30.9. The second-order valence-corrected chi connectivity index (χ2v) is 11.5. The number of aromatic amines is 1. The Kier molecular flexibility index (Phi) is 21.4.